The zero-order chi connectivity index (χ0) is 19.1. The van der Waals surface area contributed by atoms with E-state index in [1.165, 1.54) is 30.7 Å². The fourth-order valence-corrected chi connectivity index (χ4v) is 2.19. The summed E-state index contributed by atoms with van der Waals surface area (Å²) in [7, 11) is 0. The molecule has 0 aliphatic heterocycles. The molecule has 0 radical (unpaired) electrons. The van der Waals surface area contributed by atoms with Gasteiger partial charge in [0, 0.05) is 6.08 Å². The molecule has 0 spiro atoms. The minimum atomic E-state index is -1.40. The van der Waals surface area contributed by atoms with E-state index in [0.29, 0.717) is 5.76 Å². The maximum absolute atomic E-state index is 12.5. The van der Waals surface area contributed by atoms with Crippen LogP contribution in [0.25, 0.3) is 6.08 Å². The van der Waals surface area contributed by atoms with Gasteiger partial charge < -0.3 is 29.4 Å². The van der Waals surface area contributed by atoms with Crippen LogP contribution >= 0.6 is 0 Å². The Bertz CT molecular complexity index is 775. The number of amides is 2. The predicted octanol–water partition coefficient (Wildman–Crippen LogP) is 0.924. The molecular weight excluding hydrogens is 340 g/mol. The lowest BCUT2D eigenvalue weighted by atomic mass is 10.0. The van der Waals surface area contributed by atoms with Crippen molar-refractivity contribution in [3.8, 4) is 0 Å². The molecule has 0 saturated carbocycles. The fourth-order valence-electron chi connectivity index (χ4n) is 2.19. The van der Waals surface area contributed by atoms with Crippen LogP contribution in [0, 0.1) is 5.92 Å². The molecular formula is C18H19N2O6-. The summed E-state index contributed by atoms with van der Waals surface area (Å²) in [4.78, 5) is 35.9. The third kappa shape index (κ3) is 5.37. The number of rotatable bonds is 8. The van der Waals surface area contributed by atoms with Crippen molar-refractivity contribution in [2.45, 2.75) is 26.3 Å². The molecule has 2 rings (SSSR count). The van der Waals surface area contributed by atoms with E-state index in [4.69, 9.17) is 8.83 Å². The van der Waals surface area contributed by atoms with Gasteiger partial charge in [-0.1, -0.05) is 13.8 Å². The number of aliphatic carboxylic acids is 1. The molecule has 2 aromatic heterocycles. The van der Waals surface area contributed by atoms with E-state index in [1.807, 2.05) is 13.8 Å². The van der Waals surface area contributed by atoms with Crippen molar-refractivity contribution < 1.29 is 28.3 Å². The topological polar surface area (TPSA) is 125 Å². The SMILES string of the molecule is CC(C)C[C@@H](NC(=O)C(=Cc1ccco1)NC(=O)c1ccco1)C(=O)[O-]. The number of carboxylic acid groups (broad SMARTS) is 1. The molecule has 8 heteroatoms. The molecule has 8 nitrogen and oxygen atoms in total. The van der Waals surface area contributed by atoms with E-state index in [9.17, 15) is 19.5 Å². The summed E-state index contributed by atoms with van der Waals surface area (Å²) in [5.74, 6) is -2.51. The average Bonchev–Trinajstić information content (AvgIpc) is 3.26. The number of carbonyl (C=O) groups is 3. The lowest BCUT2D eigenvalue weighted by Crippen LogP contribution is -2.50. The number of hydrogen-bond donors (Lipinski definition) is 2. The Hall–Kier alpha value is -3.29. The number of carboxylic acids is 1. The van der Waals surface area contributed by atoms with E-state index >= 15 is 0 Å². The van der Waals surface area contributed by atoms with Crippen molar-refractivity contribution >= 4 is 23.9 Å². The molecule has 0 fully saturated rings. The van der Waals surface area contributed by atoms with Crippen molar-refractivity contribution in [2.24, 2.45) is 5.92 Å². The van der Waals surface area contributed by atoms with Gasteiger partial charge >= 0.3 is 0 Å². The van der Waals surface area contributed by atoms with E-state index in [0.717, 1.165) is 0 Å². The van der Waals surface area contributed by atoms with Gasteiger partial charge in [0.2, 0.25) is 0 Å². The first-order chi connectivity index (χ1) is 12.4. The first kappa shape index (κ1) is 19.0. The number of nitrogens with one attached hydrogen (secondary N) is 2. The number of furan rings is 2. The first-order valence-corrected chi connectivity index (χ1v) is 7.98. The van der Waals surface area contributed by atoms with Crippen molar-refractivity contribution in [2.75, 3.05) is 0 Å². The van der Waals surface area contributed by atoms with Gasteiger partial charge in [-0.2, -0.15) is 0 Å². The highest BCUT2D eigenvalue weighted by Crippen LogP contribution is 2.10. The summed E-state index contributed by atoms with van der Waals surface area (Å²) in [5.41, 5.74) is -0.184. The second-order valence-electron chi connectivity index (χ2n) is 5.98. The van der Waals surface area contributed by atoms with Gasteiger partial charge in [-0.3, -0.25) is 9.59 Å². The summed E-state index contributed by atoms with van der Waals surface area (Å²) in [6.07, 6.45) is 4.20. The molecule has 0 aliphatic rings. The van der Waals surface area contributed by atoms with Crippen LogP contribution in [-0.4, -0.2) is 23.8 Å². The molecule has 2 N–H and O–H groups in total. The standard InChI is InChI=1S/C18H20N2O6/c1-11(2)9-14(18(23)24)20-16(21)13(10-12-5-3-7-25-12)19-17(22)15-6-4-8-26-15/h3-8,10-11,14H,9H2,1-2H3,(H,19,22)(H,20,21)(H,23,24)/p-1/t14-/m1/s1. The first-order valence-electron chi connectivity index (χ1n) is 7.98. The molecule has 138 valence electrons. The van der Waals surface area contributed by atoms with Gasteiger partial charge in [-0.15, -0.1) is 0 Å². The van der Waals surface area contributed by atoms with Crippen LogP contribution in [-0.2, 0) is 9.59 Å². The highest BCUT2D eigenvalue weighted by atomic mass is 16.4. The van der Waals surface area contributed by atoms with Crippen LogP contribution in [0.5, 0.6) is 0 Å². The fraction of sp³-hybridized carbons (Fsp3) is 0.278. The second kappa shape index (κ2) is 8.70. The summed E-state index contributed by atoms with van der Waals surface area (Å²) in [5, 5.41) is 16.0. The monoisotopic (exact) mass is 359 g/mol. The van der Waals surface area contributed by atoms with E-state index in [-0.39, 0.29) is 23.8 Å². The Morgan fingerprint density at radius 3 is 2.38 bits per heavy atom. The normalized spacial score (nSPS) is 12.7. The van der Waals surface area contributed by atoms with Gasteiger partial charge in [0.15, 0.2) is 5.76 Å². The summed E-state index contributed by atoms with van der Waals surface area (Å²) >= 11 is 0. The number of carbonyl (C=O) groups excluding carboxylic acids is 3. The minimum Gasteiger partial charge on any atom is -0.548 e. The molecule has 2 heterocycles. The highest BCUT2D eigenvalue weighted by molar-refractivity contribution is 6.05. The van der Waals surface area contributed by atoms with Gasteiger partial charge in [-0.05, 0) is 36.6 Å². The van der Waals surface area contributed by atoms with Crippen molar-refractivity contribution in [3.05, 3.63) is 54.0 Å². The molecule has 1 atom stereocenters. The molecule has 2 aromatic rings. The highest BCUT2D eigenvalue weighted by Gasteiger charge is 2.21. The van der Waals surface area contributed by atoms with Crippen LogP contribution in [0.15, 0.2) is 51.3 Å². The maximum atomic E-state index is 12.5. The Kier molecular flexibility index (Phi) is 6.37. The molecule has 0 unspecified atom stereocenters. The van der Waals surface area contributed by atoms with Crippen molar-refractivity contribution in [1.82, 2.24) is 10.6 Å². The molecule has 0 bridgehead atoms. The van der Waals surface area contributed by atoms with E-state index < -0.39 is 23.8 Å². The average molecular weight is 359 g/mol. The van der Waals surface area contributed by atoms with Crippen molar-refractivity contribution in [1.29, 1.82) is 0 Å². The Morgan fingerprint density at radius 1 is 1.15 bits per heavy atom. The van der Waals surface area contributed by atoms with Gasteiger partial charge in [0.1, 0.15) is 11.5 Å². The van der Waals surface area contributed by atoms with Crippen LogP contribution in [0.1, 0.15) is 36.6 Å². The maximum Gasteiger partial charge on any atom is 0.291 e. The molecule has 0 aromatic carbocycles. The van der Waals surface area contributed by atoms with Crippen molar-refractivity contribution in [3.63, 3.8) is 0 Å². The zero-order valence-electron chi connectivity index (χ0n) is 14.4. The zero-order valence-corrected chi connectivity index (χ0v) is 14.4. The number of hydrogen-bond acceptors (Lipinski definition) is 6. The summed E-state index contributed by atoms with van der Waals surface area (Å²) < 4.78 is 10.1. The quantitative estimate of drug-likeness (QED) is 0.676. The molecule has 2 amide bonds. The van der Waals surface area contributed by atoms with Crippen LogP contribution in [0.2, 0.25) is 0 Å². The van der Waals surface area contributed by atoms with Gasteiger partial charge in [0.25, 0.3) is 11.8 Å². The van der Waals surface area contributed by atoms with Crippen LogP contribution in [0.3, 0.4) is 0 Å². The van der Waals surface area contributed by atoms with Crippen LogP contribution < -0.4 is 15.7 Å². The Balaban J connectivity index is 2.21. The van der Waals surface area contributed by atoms with Crippen LogP contribution in [0.4, 0.5) is 0 Å². The van der Waals surface area contributed by atoms with E-state index in [1.54, 1.807) is 12.1 Å². The predicted molar refractivity (Wildman–Crippen MR) is 89.3 cm³/mol. The Labute approximate surface area is 149 Å². The smallest absolute Gasteiger partial charge is 0.291 e. The molecule has 0 saturated heterocycles. The van der Waals surface area contributed by atoms with E-state index in [2.05, 4.69) is 10.6 Å². The lowest BCUT2D eigenvalue weighted by Gasteiger charge is -2.22. The second-order valence-corrected chi connectivity index (χ2v) is 5.98. The third-order valence-electron chi connectivity index (χ3n) is 3.36. The van der Waals surface area contributed by atoms with Gasteiger partial charge in [-0.25, -0.2) is 0 Å². The minimum absolute atomic E-state index is 0.00164. The lowest BCUT2D eigenvalue weighted by molar-refractivity contribution is -0.308. The van der Waals surface area contributed by atoms with Gasteiger partial charge in [0.05, 0.1) is 24.5 Å². The summed E-state index contributed by atoms with van der Waals surface area (Å²) in [6, 6.07) is 4.96. The largest absolute Gasteiger partial charge is 0.548 e. The Morgan fingerprint density at radius 2 is 1.85 bits per heavy atom. The molecule has 0 aliphatic carbocycles. The summed E-state index contributed by atoms with van der Waals surface area (Å²) in [6.45, 7) is 3.64. The third-order valence-corrected chi connectivity index (χ3v) is 3.36. The molecule has 26 heavy (non-hydrogen) atoms.